The van der Waals surface area contributed by atoms with Crippen molar-refractivity contribution in [2.45, 2.75) is 42.4 Å². The van der Waals surface area contributed by atoms with Gasteiger partial charge in [0.15, 0.2) is 0 Å². The molecule has 35 heavy (non-hydrogen) atoms. The van der Waals surface area contributed by atoms with E-state index in [1.54, 1.807) is 30.1 Å². The number of aryl methyl sites for hydroxylation is 1. The summed E-state index contributed by atoms with van der Waals surface area (Å²) in [5.41, 5.74) is 1.47. The topological polar surface area (TPSA) is 102 Å². The lowest BCUT2D eigenvalue weighted by Crippen LogP contribution is -2.44. The first-order chi connectivity index (χ1) is 16.6. The highest BCUT2D eigenvalue weighted by molar-refractivity contribution is 7.93. The lowest BCUT2D eigenvalue weighted by Gasteiger charge is -2.45. The number of benzene rings is 1. The summed E-state index contributed by atoms with van der Waals surface area (Å²) >= 11 is 0.918. The number of fused-ring (bicyclic) bond motifs is 1. The lowest BCUT2D eigenvalue weighted by molar-refractivity contribution is -0.192. The number of nitrogens with zero attached hydrogens (tertiary/aromatic N) is 5. The number of rotatable bonds is 5. The van der Waals surface area contributed by atoms with E-state index in [1.165, 1.54) is 18.5 Å². The van der Waals surface area contributed by atoms with E-state index < -0.39 is 28.2 Å². The summed E-state index contributed by atoms with van der Waals surface area (Å²) in [5.74, 6) is -0.986. The first-order valence-corrected chi connectivity index (χ1v) is 13.3. The number of alkyl halides is 3. The standard InChI is InChI=1S/C21H23F3N6O3S2/c1-29-17(4-7-26-29)18-10-13(21(22,23)24)5-8-30(18)16-6-9-33-19-11-14(2-3-15(16)19)35(31,32)28-20-25-12-27-34-20/h2-4,7,11-13,16,18H,5-6,8-10H2,1H3,(H,25,27,28)/t13-,16+,18+/m1/s1. The Morgan fingerprint density at radius 3 is 2.71 bits per heavy atom. The monoisotopic (exact) mass is 528 g/mol. The maximum Gasteiger partial charge on any atom is 0.391 e. The minimum absolute atomic E-state index is 0.00275. The van der Waals surface area contributed by atoms with Crippen LogP contribution in [0, 0.1) is 5.92 Å². The Hall–Kier alpha value is -2.71. The number of aromatic nitrogens is 4. The van der Waals surface area contributed by atoms with Crippen LogP contribution in [-0.4, -0.2) is 51.8 Å². The zero-order valence-electron chi connectivity index (χ0n) is 18.6. The number of hydrogen-bond donors (Lipinski definition) is 1. The zero-order chi connectivity index (χ0) is 24.8. The third kappa shape index (κ3) is 4.74. The van der Waals surface area contributed by atoms with Gasteiger partial charge in [-0.15, -0.1) is 0 Å². The molecule has 0 spiro atoms. The predicted molar refractivity (Wildman–Crippen MR) is 121 cm³/mol. The van der Waals surface area contributed by atoms with Crippen LogP contribution in [-0.2, 0) is 17.1 Å². The van der Waals surface area contributed by atoms with Crippen LogP contribution in [0.5, 0.6) is 5.75 Å². The molecule has 1 saturated heterocycles. The summed E-state index contributed by atoms with van der Waals surface area (Å²) in [6.07, 6.45) is -0.905. The van der Waals surface area contributed by atoms with Gasteiger partial charge in [-0.25, -0.2) is 13.4 Å². The summed E-state index contributed by atoms with van der Waals surface area (Å²) in [7, 11) is -2.18. The summed E-state index contributed by atoms with van der Waals surface area (Å²) in [5, 5.41) is 4.32. The molecule has 0 aliphatic carbocycles. The van der Waals surface area contributed by atoms with Crippen molar-refractivity contribution in [1.29, 1.82) is 0 Å². The third-order valence-corrected chi connectivity index (χ3v) is 8.64. The Morgan fingerprint density at radius 2 is 2.03 bits per heavy atom. The molecule has 2 aliphatic heterocycles. The van der Waals surface area contributed by atoms with Gasteiger partial charge in [0, 0.05) is 55.4 Å². The maximum atomic E-state index is 13.6. The number of ether oxygens (including phenoxy) is 1. The molecule has 1 fully saturated rings. The number of nitrogens with one attached hydrogen (secondary N) is 1. The van der Waals surface area contributed by atoms with Gasteiger partial charge in [0.05, 0.1) is 29.2 Å². The Balaban J connectivity index is 1.46. The summed E-state index contributed by atoms with van der Waals surface area (Å²) in [6, 6.07) is 5.66. The Labute approximate surface area is 204 Å². The van der Waals surface area contributed by atoms with E-state index in [1.807, 2.05) is 0 Å². The molecule has 5 rings (SSSR count). The first-order valence-electron chi connectivity index (χ1n) is 11.0. The second kappa shape index (κ2) is 9.06. The van der Waals surface area contributed by atoms with Gasteiger partial charge in [0.25, 0.3) is 10.0 Å². The second-order valence-corrected chi connectivity index (χ2v) is 11.1. The highest BCUT2D eigenvalue weighted by Crippen LogP contribution is 2.48. The van der Waals surface area contributed by atoms with Crippen molar-refractivity contribution in [1.82, 2.24) is 24.0 Å². The minimum Gasteiger partial charge on any atom is -0.493 e. The van der Waals surface area contributed by atoms with E-state index >= 15 is 0 Å². The summed E-state index contributed by atoms with van der Waals surface area (Å²) in [4.78, 5) is 5.93. The van der Waals surface area contributed by atoms with Crippen LogP contribution < -0.4 is 9.46 Å². The average molecular weight is 529 g/mol. The molecule has 4 heterocycles. The van der Waals surface area contributed by atoms with Gasteiger partial charge in [0.1, 0.15) is 12.1 Å². The lowest BCUT2D eigenvalue weighted by atomic mass is 9.85. The molecular formula is C21H23F3N6O3S2. The number of anilines is 1. The molecule has 0 radical (unpaired) electrons. The molecule has 2 aliphatic rings. The van der Waals surface area contributed by atoms with Crippen LogP contribution in [0.3, 0.4) is 0 Å². The molecule has 14 heteroatoms. The van der Waals surface area contributed by atoms with Gasteiger partial charge in [0.2, 0.25) is 5.13 Å². The van der Waals surface area contributed by atoms with Gasteiger partial charge in [-0.05, 0) is 25.0 Å². The third-order valence-electron chi connectivity index (χ3n) is 6.59. The normalized spacial score (nSPS) is 23.5. The van der Waals surface area contributed by atoms with Crippen molar-refractivity contribution in [3.63, 3.8) is 0 Å². The molecule has 0 unspecified atom stereocenters. The van der Waals surface area contributed by atoms with Crippen molar-refractivity contribution in [2.24, 2.45) is 13.0 Å². The maximum absolute atomic E-state index is 13.6. The Bertz CT molecular complexity index is 1300. The molecule has 3 atom stereocenters. The zero-order valence-corrected chi connectivity index (χ0v) is 20.3. The SMILES string of the molecule is Cn1nccc1[C@@H]1C[C@H](C(F)(F)F)CCN1[C@H]1CCOc2cc(S(=O)(=O)Nc3ncns3)ccc21. The van der Waals surface area contributed by atoms with Crippen LogP contribution >= 0.6 is 11.5 Å². The molecule has 0 amide bonds. The molecule has 188 valence electrons. The van der Waals surface area contributed by atoms with Crippen molar-refractivity contribution < 1.29 is 26.3 Å². The van der Waals surface area contributed by atoms with Crippen molar-refractivity contribution >= 4 is 26.7 Å². The average Bonchev–Trinajstić information content (AvgIpc) is 3.48. The fourth-order valence-corrected chi connectivity index (χ4v) is 6.59. The number of sulfonamides is 1. The number of halogens is 3. The molecule has 2 aromatic heterocycles. The Morgan fingerprint density at radius 1 is 1.20 bits per heavy atom. The smallest absolute Gasteiger partial charge is 0.391 e. The number of piperidine rings is 1. The van der Waals surface area contributed by atoms with E-state index in [0.717, 1.165) is 17.1 Å². The number of hydrogen-bond acceptors (Lipinski definition) is 8. The molecule has 3 aromatic rings. The van der Waals surface area contributed by atoms with E-state index in [2.05, 4.69) is 24.1 Å². The van der Waals surface area contributed by atoms with Gasteiger partial charge in [-0.3, -0.25) is 14.3 Å². The van der Waals surface area contributed by atoms with Crippen molar-refractivity contribution in [2.75, 3.05) is 17.9 Å². The predicted octanol–water partition coefficient (Wildman–Crippen LogP) is 3.91. The fraction of sp³-hybridized carbons (Fsp3) is 0.476. The van der Waals surface area contributed by atoms with Crippen LogP contribution in [0.15, 0.2) is 41.7 Å². The van der Waals surface area contributed by atoms with Crippen molar-refractivity contribution in [3.8, 4) is 5.75 Å². The van der Waals surface area contributed by atoms with Gasteiger partial charge < -0.3 is 4.74 Å². The van der Waals surface area contributed by atoms with Crippen molar-refractivity contribution in [3.05, 3.63) is 48.0 Å². The van der Waals surface area contributed by atoms with E-state index in [0.29, 0.717) is 24.5 Å². The largest absolute Gasteiger partial charge is 0.493 e. The highest BCUT2D eigenvalue weighted by atomic mass is 32.2. The van der Waals surface area contributed by atoms with E-state index in [-0.39, 0.29) is 35.5 Å². The fourth-order valence-electron chi connectivity index (χ4n) is 4.91. The van der Waals surface area contributed by atoms with E-state index in [4.69, 9.17) is 4.74 Å². The summed E-state index contributed by atoms with van der Waals surface area (Å²) in [6.45, 7) is 0.574. The second-order valence-electron chi connectivity index (χ2n) is 8.60. The quantitative estimate of drug-likeness (QED) is 0.536. The van der Waals surface area contributed by atoms with Crippen LogP contribution in [0.2, 0.25) is 0 Å². The molecule has 0 saturated carbocycles. The van der Waals surface area contributed by atoms with Gasteiger partial charge in [-0.1, -0.05) is 6.07 Å². The van der Waals surface area contributed by atoms with Gasteiger partial charge >= 0.3 is 6.18 Å². The summed E-state index contributed by atoms with van der Waals surface area (Å²) < 4.78 is 80.0. The molecule has 9 nitrogen and oxygen atoms in total. The molecule has 1 N–H and O–H groups in total. The van der Waals surface area contributed by atoms with Crippen LogP contribution in [0.25, 0.3) is 0 Å². The van der Waals surface area contributed by atoms with E-state index in [9.17, 15) is 21.6 Å². The molecular weight excluding hydrogens is 505 g/mol. The van der Waals surface area contributed by atoms with Crippen LogP contribution in [0.4, 0.5) is 18.3 Å². The molecule has 0 bridgehead atoms. The molecule has 1 aromatic carbocycles. The van der Waals surface area contributed by atoms with Crippen LogP contribution in [0.1, 0.15) is 42.6 Å². The Kier molecular flexibility index (Phi) is 6.21. The van der Waals surface area contributed by atoms with Gasteiger partial charge in [-0.2, -0.15) is 22.6 Å². The first kappa shape index (κ1) is 24.0. The highest BCUT2D eigenvalue weighted by Gasteiger charge is 2.47. The number of likely N-dealkylation sites (tertiary alicyclic amines) is 1. The minimum atomic E-state index is -4.26.